The summed E-state index contributed by atoms with van der Waals surface area (Å²) in [6.45, 7) is 21.2. The van der Waals surface area contributed by atoms with E-state index in [9.17, 15) is 0 Å². The monoisotopic (exact) mass is 224 g/mol. The van der Waals surface area contributed by atoms with E-state index in [2.05, 4.69) is 66.9 Å². The van der Waals surface area contributed by atoms with Gasteiger partial charge in [-0.25, -0.2) is 0 Å². The quantitative estimate of drug-likeness (QED) is 0.594. The largest absolute Gasteiger partial charge is 0.121 e. The highest BCUT2D eigenvalue weighted by Crippen LogP contribution is 2.31. The van der Waals surface area contributed by atoms with Crippen LogP contribution in [0, 0.1) is 5.41 Å². The topological polar surface area (TPSA) is 0 Å². The molecule has 0 amide bonds. The average Bonchev–Trinajstić information content (AvgIpc) is 1.94. The molecular weight excluding hydrogens is 200 g/mol. The SMILES string of the molecule is C=C(C=CC(=C)C(C)(C)C)SC(C)(C)C. The molecule has 15 heavy (non-hydrogen) atoms. The molecule has 0 unspecified atom stereocenters. The highest BCUT2D eigenvalue weighted by molar-refractivity contribution is 8.04. The molecule has 0 heterocycles. The minimum atomic E-state index is 0.142. The van der Waals surface area contributed by atoms with Crippen LogP contribution in [-0.4, -0.2) is 4.75 Å². The maximum Gasteiger partial charge on any atom is 0.0122 e. The zero-order valence-corrected chi connectivity index (χ0v) is 11.8. The lowest BCUT2D eigenvalue weighted by molar-refractivity contribution is 0.519. The lowest BCUT2D eigenvalue weighted by atomic mass is 9.87. The molecule has 0 fully saturated rings. The Hall–Kier alpha value is -0.430. The smallest absolute Gasteiger partial charge is 0.0122 e. The third-order valence-corrected chi connectivity index (χ3v) is 2.88. The van der Waals surface area contributed by atoms with Crippen LogP contribution < -0.4 is 0 Å². The zero-order valence-electron chi connectivity index (χ0n) is 11.0. The molecule has 0 aliphatic heterocycles. The van der Waals surface area contributed by atoms with E-state index in [1.807, 2.05) is 0 Å². The first kappa shape index (κ1) is 14.6. The molecule has 0 nitrogen and oxygen atoms in total. The van der Waals surface area contributed by atoms with Crippen molar-refractivity contribution in [2.45, 2.75) is 46.3 Å². The highest BCUT2D eigenvalue weighted by atomic mass is 32.2. The lowest BCUT2D eigenvalue weighted by Crippen LogP contribution is -2.07. The van der Waals surface area contributed by atoms with Crippen molar-refractivity contribution in [3.8, 4) is 0 Å². The molecule has 0 N–H and O–H groups in total. The molecular formula is C14H24S. The third kappa shape index (κ3) is 7.49. The Labute approximate surface area is 99.5 Å². The van der Waals surface area contributed by atoms with Gasteiger partial charge in [0.05, 0.1) is 0 Å². The second-order valence-corrected chi connectivity index (χ2v) is 7.74. The van der Waals surface area contributed by atoms with Crippen molar-refractivity contribution < 1.29 is 0 Å². The number of rotatable bonds is 3. The van der Waals surface area contributed by atoms with Crippen LogP contribution in [0.15, 0.2) is 35.8 Å². The summed E-state index contributed by atoms with van der Waals surface area (Å²) in [5.74, 6) is 0. The predicted octanol–water partition coefficient (Wildman–Crippen LogP) is 5.19. The Balaban J connectivity index is 4.32. The van der Waals surface area contributed by atoms with E-state index < -0.39 is 0 Å². The minimum absolute atomic E-state index is 0.142. The Kier molecular flexibility index (Phi) is 4.92. The summed E-state index contributed by atoms with van der Waals surface area (Å²) in [5.41, 5.74) is 1.28. The van der Waals surface area contributed by atoms with Gasteiger partial charge in [0.25, 0.3) is 0 Å². The van der Waals surface area contributed by atoms with Crippen LogP contribution in [0.1, 0.15) is 41.5 Å². The van der Waals surface area contributed by atoms with Gasteiger partial charge < -0.3 is 0 Å². The second kappa shape index (κ2) is 5.07. The van der Waals surface area contributed by atoms with Gasteiger partial charge in [0.15, 0.2) is 0 Å². The summed E-state index contributed by atoms with van der Waals surface area (Å²) in [6.07, 6.45) is 4.13. The van der Waals surface area contributed by atoms with Crippen molar-refractivity contribution in [3.05, 3.63) is 35.8 Å². The Morgan fingerprint density at radius 1 is 0.933 bits per heavy atom. The first-order valence-electron chi connectivity index (χ1n) is 5.28. The Bertz CT molecular complexity index is 269. The molecule has 0 aromatic rings. The fraction of sp³-hybridized carbons (Fsp3) is 0.571. The van der Waals surface area contributed by atoms with Crippen molar-refractivity contribution in [2.24, 2.45) is 5.41 Å². The van der Waals surface area contributed by atoms with Gasteiger partial charge in [0, 0.05) is 9.65 Å². The standard InChI is InChI=1S/C14H24S/c1-11(13(3,4)5)9-10-12(2)15-14(6,7)8/h9-10H,1-2H2,3-8H3. The molecule has 0 aromatic carbocycles. The fourth-order valence-electron chi connectivity index (χ4n) is 0.871. The van der Waals surface area contributed by atoms with Crippen LogP contribution >= 0.6 is 11.8 Å². The molecule has 0 aliphatic carbocycles. The Morgan fingerprint density at radius 3 is 1.73 bits per heavy atom. The fourth-order valence-corrected chi connectivity index (χ4v) is 1.79. The molecule has 0 saturated carbocycles. The third-order valence-electron chi connectivity index (χ3n) is 1.87. The molecule has 0 aromatic heterocycles. The maximum atomic E-state index is 4.06. The molecule has 0 saturated heterocycles. The van der Waals surface area contributed by atoms with Gasteiger partial charge in [0.2, 0.25) is 0 Å². The van der Waals surface area contributed by atoms with Gasteiger partial charge in [-0.15, -0.1) is 11.8 Å². The zero-order chi connectivity index (χ0) is 12.3. The highest BCUT2D eigenvalue weighted by Gasteiger charge is 2.13. The number of allylic oxidation sites excluding steroid dienone is 3. The van der Waals surface area contributed by atoms with E-state index >= 15 is 0 Å². The second-order valence-electron chi connectivity index (χ2n) is 5.79. The van der Waals surface area contributed by atoms with E-state index in [0.29, 0.717) is 0 Å². The lowest BCUT2D eigenvalue weighted by Gasteiger charge is -2.20. The van der Waals surface area contributed by atoms with Crippen molar-refractivity contribution >= 4 is 11.8 Å². The van der Waals surface area contributed by atoms with Gasteiger partial charge in [-0.2, -0.15) is 0 Å². The van der Waals surface area contributed by atoms with E-state index in [-0.39, 0.29) is 10.2 Å². The molecule has 86 valence electrons. The summed E-state index contributed by atoms with van der Waals surface area (Å²) in [6, 6.07) is 0. The van der Waals surface area contributed by atoms with E-state index in [1.165, 1.54) is 0 Å². The number of hydrogen-bond acceptors (Lipinski definition) is 1. The summed E-state index contributed by atoms with van der Waals surface area (Å²) in [7, 11) is 0. The van der Waals surface area contributed by atoms with Crippen molar-refractivity contribution in [1.82, 2.24) is 0 Å². The van der Waals surface area contributed by atoms with Crippen molar-refractivity contribution in [2.75, 3.05) is 0 Å². The maximum absolute atomic E-state index is 4.06. The summed E-state index contributed by atoms with van der Waals surface area (Å²) < 4.78 is 0.227. The first-order valence-corrected chi connectivity index (χ1v) is 6.09. The van der Waals surface area contributed by atoms with Gasteiger partial charge in [-0.1, -0.05) is 60.8 Å². The molecule has 1 heteroatoms. The molecule has 0 aliphatic rings. The Morgan fingerprint density at radius 2 is 1.40 bits per heavy atom. The van der Waals surface area contributed by atoms with Crippen molar-refractivity contribution in [3.63, 3.8) is 0 Å². The van der Waals surface area contributed by atoms with E-state index in [0.717, 1.165) is 10.5 Å². The van der Waals surface area contributed by atoms with Crippen LogP contribution in [0.4, 0.5) is 0 Å². The molecule has 0 bridgehead atoms. The number of thioether (sulfide) groups is 1. The molecule has 0 atom stereocenters. The van der Waals surface area contributed by atoms with Crippen LogP contribution in [-0.2, 0) is 0 Å². The average molecular weight is 224 g/mol. The summed E-state index contributed by atoms with van der Waals surface area (Å²) in [4.78, 5) is 1.09. The minimum Gasteiger partial charge on any atom is -0.121 e. The predicted molar refractivity (Wildman–Crippen MR) is 74.2 cm³/mol. The number of hydrogen-bond donors (Lipinski definition) is 0. The summed E-state index contributed by atoms with van der Waals surface area (Å²) >= 11 is 1.79. The molecule has 0 rings (SSSR count). The van der Waals surface area contributed by atoms with Gasteiger partial charge in [-0.3, -0.25) is 0 Å². The van der Waals surface area contributed by atoms with Crippen LogP contribution in [0.3, 0.4) is 0 Å². The van der Waals surface area contributed by atoms with E-state index in [1.54, 1.807) is 11.8 Å². The normalized spacial score (nSPS) is 13.2. The van der Waals surface area contributed by atoms with Gasteiger partial charge in [0.1, 0.15) is 0 Å². The van der Waals surface area contributed by atoms with Crippen LogP contribution in [0.5, 0.6) is 0 Å². The van der Waals surface area contributed by atoms with Crippen LogP contribution in [0.25, 0.3) is 0 Å². The summed E-state index contributed by atoms with van der Waals surface area (Å²) in [5, 5.41) is 0. The van der Waals surface area contributed by atoms with Crippen LogP contribution in [0.2, 0.25) is 0 Å². The van der Waals surface area contributed by atoms with Crippen molar-refractivity contribution in [1.29, 1.82) is 0 Å². The molecule has 0 spiro atoms. The van der Waals surface area contributed by atoms with Gasteiger partial charge in [-0.05, 0) is 17.1 Å². The molecule has 0 radical (unpaired) electrons. The first-order chi connectivity index (χ1) is 6.52. The van der Waals surface area contributed by atoms with Gasteiger partial charge >= 0.3 is 0 Å². The van der Waals surface area contributed by atoms with E-state index in [4.69, 9.17) is 0 Å².